The molecule has 0 bridgehead atoms. The maximum absolute atomic E-state index is 5.49. The fourth-order valence-electron chi connectivity index (χ4n) is 2.94. The van der Waals surface area contributed by atoms with E-state index in [0.717, 1.165) is 44.4 Å². The number of nitrogens with one attached hydrogen (secondary N) is 1. The Morgan fingerprint density at radius 2 is 2.25 bits per heavy atom. The molecular weight excluding hydrogens is 272 g/mol. The van der Waals surface area contributed by atoms with Gasteiger partial charge in [0.05, 0.1) is 25.1 Å². The molecule has 110 valence electrons. The van der Waals surface area contributed by atoms with E-state index in [0.29, 0.717) is 0 Å². The summed E-state index contributed by atoms with van der Waals surface area (Å²) in [6.45, 7) is 6.72. The van der Waals surface area contributed by atoms with Crippen molar-refractivity contribution in [3.05, 3.63) is 18.1 Å². The Hall–Kier alpha value is -0.850. The second-order valence-corrected chi connectivity index (χ2v) is 6.63. The van der Waals surface area contributed by atoms with Gasteiger partial charge in [0.15, 0.2) is 0 Å². The molecule has 2 saturated heterocycles. The molecule has 0 saturated carbocycles. The van der Waals surface area contributed by atoms with Crippen LogP contribution in [-0.4, -0.2) is 64.8 Å². The molecule has 3 heterocycles. The predicted octanol–water partition coefficient (Wildman–Crippen LogP) is 1.40. The summed E-state index contributed by atoms with van der Waals surface area (Å²) >= 11 is 2.05. The Bertz CT molecular complexity index is 445. The first kappa shape index (κ1) is 14.1. The number of rotatable bonds is 4. The maximum atomic E-state index is 5.49. The van der Waals surface area contributed by atoms with E-state index in [2.05, 4.69) is 31.9 Å². The molecule has 1 atom stereocenters. The standard InChI is InChI=1S/C14H22N4OS/c1-12-8-15-9-13(17-12)16-10-14(2-7-20-11-14)18-3-5-19-6-4-18/h8-9H,2-7,10-11H2,1H3,(H,16,17). The average Bonchev–Trinajstić information content (AvgIpc) is 2.96. The first-order chi connectivity index (χ1) is 9.78. The highest BCUT2D eigenvalue weighted by Gasteiger charge is 2.40. The molecule has 6 heteroatoms. The van der Waals surface area contributed by atoms with E-state index in [4.69, 9.17) is 4.74 Å². The minimum atomic E-state index is 0.250. The highest BCUT2D eigenvalue weighted by atomic mass is 32.2. The summed E-state index contributed by atoms with van der Waals surface area (Å²) < 4.78 is 5.49. The van der Waals surface area contributed by atoms with E-state index in [1.165, 1.54) is 17.9 Å². The summed E-state index contributed by atoms with van der Waals surface area (Å²) in [5.41, 5.74) is 1.20. The quantitative estimate of drug-likeness (QED) is 0.906. The maximum Gasteiger partial charge on any atom is 0.144 e. The molecule has 20 heavy (non-hydrogen) atoms. The molecule has 1 aromatic heterocycles. The fraction of sp³-hybridized carbons (Fsp3) is 0.714. The Balaban J connectivity index is 1.67. The summed E-state index contributed by atoms with van der Waals surface area (Å²) in [7, 11) is 0. The number of nitrogens with zero attached hydrogens (tertiary/aromatic N) is 3. The molecule has 0 aromatic carbocycles. The largest absolute Gasteiger partial charge is 0.379 e. The van der Waals surface area contributed by atoms with Crippen molar-refractivity contribution in [2.75, 3.05) is 49.7 Å². The van der Waals surface area contributed by atoms with Gasteiger partial charge in [0, 0.05) is 37.1 Å². The van der Waals surface area contributed by atoms with Crippen LogP contribution in [0.25, 0.3) is 0 Å². The van der Waals surface area contributed by atoms with Crippen LogP contribution in [0.3, 0.4) is 0 Å². The first-order valence-corrected chi connectivity index (χ1v) is 8.37. The average molecular weight is 294 g/mol. The molecule has 0 amide bonds. The fourth-order valence-corrected chi connectivity index (χ4v) is 4.42. The van der Waals surface area contributed by atoms with Gasteiger partial charge in [-0.15, -0.1) is 0 Å². The third-order valence-electron chi connectivity index (χ3n) is 4.12. The number of hydrogen-bond donors (Lipinski definition) is 1. The van der Waals surface area contributed by atoms with E-state index >= 15 is 0 Å². The van der Waals surface area contributed by atoms with E-state index in [1.54, 1.807) is 6.20 Å². The summed E-state index contributed by atoms with van der Waals surface area (Å²) in [6, 6.07) is 0. The van der Waals surface area contributed by atoms with Gasteiger partial charge in [0.1, 0.15) is 5.82 Å². The summed E-state index contributed by atoms with van der Waals surface area (Å²) in [6.07, 6.45) is 4.83. The van der Waals surface area contributed by atoms with Gasteiger partial charge in [0.2, 0.25) is 0 Å². The molecule has 1 unspecified atom stereocenters. The molecule has 0 aliphatic carbocycles. The minimum Gasteiger partial charge on any atom is -0.379 e. The van der Waals surface area contributed by atoms with Gasteiger partial charge in [-0.1, -0.05) is 0 Å². The molecule has 3 rings (SSSR count). The van der Waals surface area contributed by atoms with Crippen LogP contribution in [0.4, 0.5) is 5.82 Å². The molecule has 2 fully saturated rings. The van der Waals surface area contributed by atoms with E-state index in [1.807, 2.05) is 13.1 Å². The number of aromatic nitrogens is 2. The van der Waals surface area contributed by atoms with Crippen LogP contribution in [0, 0.1) is 6.92 Å². The number of ether oxygens (including phenoxy) is 1. The van der Waals surface area contributed by atoms with Gasteiger partial charge < -0.3 is 10.1 Å². The highest BCUT2D eigenvalue weighted by molar-refractivity contribution is 7.99. The smallest absolute Gasteiger partial charge is 0.144 e. The number of thioether (sulfide) groups is 1. The SMILES string of the molecule is Cc1cncc(NCC2(N3CCOCC3)CCSC2)n1. The third kappa shape index (κ3) is 3.07. The van der Waals surface area contributed by atoms with E-state index in [-0.39, 0.29) is 5.54 Å². The number of morpholine rings is 1. The number of hydrogen-bond acceptors (Lipinski definition) is 6. The van der Waals surface area contributed by atoms with Crippen LogP contribution in [0.15, 0.2) is 12.4 Å². The van der Waals surface area contributed by atoms with Gasteiger partial charge in [0.25, 0.3) is 0 Å². The van der Waals surface area contributed by atoms with Crippen molar-refractivity contribution in [3.8, 4) is 0 Å². The zero-order chi connectivity index (χ0) is 13.8. The van der Waals surface area contributed by atoms with Crippen molar-refractivity contribution in [1.29, 1.82) is 0 Å². The molecular formula is C14H22N4OS. The highest BCUT2D eigenvalue weighted by Crippen LogP contribution is 2.34. The van der Waals surface area contributed by atoms with Gasteiger partial charge >= 0.3 is 0 Å². The lowest BCUT2D eigenvalue weighted by Gasteiger charge is -2.43. The summed E-state index contributed by atoms with van der Waals surface area (Å²) in [5, 5.41) is 3.50. The first-order valence-electron chi connectivity index (χ1n) is 7.22. The Morgan fingerprint density at radius 3 is 2.95 bits per heavy atom. The van der Waals surface area contributed by atoms with Gasteiger partial charge in [-0.05, 0) is 19.1 Å². The molecule has 5 nitrogen and oxygen atoms in total. The molecule has 0 spiro atoms. The lowest BCUT2D eigenvalue weighted by atomic mass is 9.95. The Labute approximate surface area is 124 Å². The third-order valence-corrected chi connectivity index (χ3v) is 5.35. The van der Waals surface area contributed by atoms with Gasteiger partial charge in [-0.3, -0.25) is 9.88 Å². The molecule has 0 radical (unpaired) electrons. The van der Waals surface area contributed by atoms with Crippen molar-refractivity contribution in [3.63, 3.8) is 0 Å². The van der Waals surface area contributed by atoms with Crippen molar-refractivity contribution in [2.24, 2.45) is 0 Å². The van der Waals surface area contributed by atoms with Crippen LogP contribution in [0.1, 0.15) is 12.1 Å². The van der Waals surface area contributed by atoms with Gasteiger partial charge in [-0.25, -0.2) is 4.98 Å². The van der Waals surface area contributed by atoms with E-state index < -0.39 is 0 Å². The predicted molar refractivity (Wildman–Crippen MR) is 82.3 cm³/mol. The molecule has 1 aromatic rings. The lowest BCUT2D eigenvalue weighted by Crippen LogP contribution is -2.57. The van der Waals surface area contributed by atoms with Crippen LogP contribution in [-0.2, 0) is 4.74 Å². The van der Waals surface area contributed by atoms with Crippen LogP contribution >= 0.6 is 11.8 Å². The Kier molecular flexibility index (Phi) is 4.43. The zero-order valence-electron chi connectivity index (χ0n) is 12.0. The molecule has 2 aliphatic heterocycles. The monoisotopic (exact) mass is 294 g/mol. The second kappa shape index (κ2) is 6.28. The zero-order valence-corrected chi connectivity index (χ0v) is 12.8. The molecule has 2 aliphatic rings. The second-order valence-electron chi connectivity index (χ2n) is 5.53. The van der Waals surface area contributed by atoms with Crippen molar-refractivity contribution >= 4 is 17.6 Å². The number of aryl methyl sites for hydroxylation is 1. The molecule has 1 N–H and O–H groups in total. The normalized spacial score (nSPS) is 27.6. The van der Waals surface area contributed by atoms with Gasteiger partial charge in [-0.2, -0.15) is 11.8 Å². The lowest BCUT2D eigenvalue weighted by molar-refractivity contribution is -0.00922. The number of anilines is 1. The topological polar surface area (TPSA) is 50.3 Å². The van der Waals surface area contributed by atoms with E-state index in [9.17, 15) is 0 Å². The summed E-state index contributed by atoms with van der Waals surface area (Å²) in [5.74, 6) is 3.33. The van der Waals surface area contributed by atoms with Crippen molar-refractivity contribution < 1.29 is 4.74 Å². The van der Waals surface area contributed by atoms with Crippen LogP contribution < -0.4 is 5.32 Å². The Morgan fingerprint density at radius 1 is 1.40 bits per heavy atom. The van der Waals surface area contributed by atoms with Crippen LogP contribution in [0.2, 0.25) is 0 Å². The van der Waals surface area contributed by atoms with Crippen LogP contribution in [0.5, 0.6) is 0 Å². The van der Waals surface area contributed by atoms with Crippen molar-refractivity contribution in [2.45, 2.75) is 18.9 Å². The minimum absolute atomic E-state index is 0.250. The van der Waals surface area contributed by atoms with Crippen molar-refractivity contribution in [1.82, 2.24) is 14.9 Å². The summed E-state index contributed by atoms with van der Waals surface area (Å²) in [4.78, 5) is 11.3.